The van der Waals surface area contributed by atoms with E-state index in [1.54, 1.807) is 0 Å². The molecule has 3 aliphatic rings. The van der Waals surface area contributed by atoms with Gasteiger partial charge in [-0.05, 0) is 55.7 Å². The molecule has 0 atom stereocenters. The number of anilines is 1. The number of fused-ring (bicyclic) bond motifs is 1. The van der Waals surface area contributed by atoms with Gasteiger partial charge in [0.25, 0.3) is 0 Å². The molecule has 1 aromatic heterocycles. The largest absolute Gasteiger partial charge is 0.416 e. The fraction of sp³-hybridized carbons (Fsp3) is 0.680. The molecule has 5 rings (SSSR count). The van der Waals surface area contributed by atoms with Crippen LogP contribution in [-0.2, 0) is 11.0 Å². The third kappa shape index (κ3) is 5.19. The van der Waals surface area contributed by atoms with Crippen molar-refractivity contribution in [2.75, 3.05) is 25.0 Å². The van der Waals surface area contributed by atoms with E-state index in [0.717, 1.165) is 37.1 Å². The summed E-state index contributed by atoms with van der Waals surface area (Å²) in [5.41, 5.74) is -0.540. The molecule has 3 fully saturated rings. The van der Waals surface area contributed by atoms with Gasteiger partial charge in [-0.1, -0.05) is 37.3 Å². The summed E-state index contributed by atoms with van der Waals surface area (Å²) in [5, 5.41) is 9.81. The van der Waals surface area contributed by atoms with Crippen molar-refractivity contribution in [2.45, 2.75) is 76.0 Å². The molecule has 0 radical (unpaired) electrons. The average Bonchev–Trinajstić information content (AvgIpc) is 3.22. The molecule has 0 spiro atoms. The van der Waals surface area contributed by atoms with E-state index in [1.165, 1.54) is 63.9 Å². The van der Waals surface area contributed by atoms with Gasteiger partial charge in [-0.25, -0.2) is 0 Å². The van der Waals surface area contributed by atoms with Crippen LogP contribution < -0.4 is 10.6 Å². The molecule has 2 aliphatic carbocycles. The molecule has 2 aromatic rings. The fourth-order valence-corrected chi connectivity index (χ4v) is 6.13. The lowest BCUT2D eigenvalue weighted by Crippen LogP contribution is -2.63. The minimum Gasteiger partial charge on any atom is -0.358 e. The van der Waals surface area contributed by atoms with Crippen LogP contribution in [0, 0.1) is 11.8 Å². The molecular weight excluding hydrogens is 445 g/mol. The molecule has 2 heterocycles. The molecular formula is C25H33F3N4O2. The molecule has 2 N–H and O–H groups in total. The maximum atomic E-state index is 13.0. The van der Waals surface area contributed by atoms with Crippen LogP contribution in [0.1, 0.15) is 63.4 Å². The molecule has 1 aromatic carbocycles. The van der Waals surface area contributed by atoms with Gasteiger partial charge in [0, 0.05) is 19.1 Å². The minimum absolute atomic E-state index is 0.0686. The summed E-state index contributed by atoms with van der Waals surface area (Å²) in [7, 11) is 0. The van der Waals surface area contributed by atoms with Crippen molar-refractivity contribution >= 4 is 22.7 Å². The number of nitrogens with one attached hydrogen (secondary N) is 2. The van der Waals surface area contributed by atoms with Crippen LogP contribution in [0.15, 0.2) is 22.7 Å². The molecule has 186 valence electrons. The highest BCUT2D eigenvalue weighted by Gasteiger charge is 2.37. The number of hydrogen-bond acceptors (Lipinski definition) is 5. The van der Waals surface area contributed by atoms with Crippen molar-refractivity contribution in [3.8, 4) is 0 Å². The number of alkyl halides is 3. The second-order valence-electron chi connectivity index (χ2n) is 10.3. The number of aromatic nitrogens is 1. The Morgan fingerprint density at radius 3 is 2.44 bits per heavy atom. The van der Waals surface area contributed by atoms with Gasteiger partial charge in [-0.2, -0.15) is 13.2 Å². The standard InChI is InChI=1S/C25H33F3N4O2/c26-25(27,28)18-8-11-22-21(12-18)24(31-34-22)29-13-23(33)30-19-14-32(15-19)20-9-6-17(7-10-20)16-4-2-1-3-5-16/h8,11-12,16-17,19-20H,1-7,9-10,13-15H2,(H,29,31)(H,30,33). The van der Waals surface area contributed by atoms with Gasteiger partial charge in [-0.15, -0.1) is 0 Å². The highest BCUT2D eigenvalue weighted by Crippen LogP contribution is 2.40. The van der Waals surface area contributed by atoms with E-state index in [4.69, 9.17) is 4.52 Å². The quantitative estimate of drug-likeness (QED) is 0.597. The topological polar surface area (TPSA) is 70.4 Å². The van der Waals surface area contributed by atoms with Crippen LogP contribution in [0.5, 0.6) is 0 Å². The highest BCUT2D eigenvalue weighted by molar-refractivity contribution is 5.90. The normalized spacial score (nSPS) is 25.3. The zero-order valence-electron chi connectivity index (χ0n) is 19.4. The average molecular weight is 479 g/mol. The van der Waals surface area contributed by atoms with E-state index in [9.17, 15) is 18.0 Å². The Labute approximate surface area is 197 Å². The van der Waals surface area contributed by atoms with E-state index in [1.807, 2.05) is 0 Å². The summed E-state index contributed by atoms with van der Waals surface area (Å²) in [6.07, 6.45) is 7.85. The number of benzene rings is 1. The summed E-state index contributed by atoms with van der Waals surface area (Å²) in [4.78, 5) is 14.9. The van der Waals surface area contributed by atoms with Crippen LogP contribution in [0.25, 0.3) is 11.0 Å². The first-order chi connectivity index (χ1) is 16.4. The molecule has 0 unspecified atom stereocenters. The van der Waals surface area contributed by atoms with Crippen molar-refractivity contribution < 1.29 is 22.5 Å². The number of rotatable bonds is 6. The highest BCUT2D eigenvalue weighted by atomic mass is 19.4. The number of carbonyl (C=O) groups is 1. The Kier molecular flexibility index (Phi) is 6.73. The predicted molar refractivity (Wildman–Crippen MR) is 123 cm³/mol. The van der Waals surface area contributed by atoms with Crippen LogP contribution >= 0.6 is 0 Å². The van der Waals surface area contributed by atoms with Gasteiger partial charge >= 0.3 is 6.18 Å². The number of nitrogens with zero attached hydrogens (tertiary/aromatic N) is 2. The molecule has 2 saturated carbocycles. The third-order valence-electron chi connectivity index (χ3n) is 8.06. The first-order valence-corrected chi connectivity index (χ1v) is 12.6. The van der Waals surface area contributed by atoms with E-state index >= 15 is 0 Å². The molecule has 0 bridgehead atoms. The first-order valence-electron chi connectivity index (χ1n) is 12.6. The Balaban J connectivity index is 1.04. The van der Waals surface area contributed by atoms with E-state index < -0.39 is 11.7 Å². The van der Waals surface area contributed by atoms with Gasteiger partial charge in [-0.3, -0.25) is 9.69 Å². The summed E-state index contributed by atoms with van der Waals surface area (Å²) in [6.45, 7) is 1.67. The Hall–Kier alpha value is -2.29. The lowest BCUT2D eigenvalue weighted by molar-refractivity contribution is -0.137. The lowest BCUT2D eigenvalue weighted by Gasteiger charge is -2.47. The van der Waals surface area contributed by atoms with Gasteiger partial charge in [0.05, 0.1) is 23.5 Å². The van der Waals surface area contributed by atoms with Crippen molar-refractivity contribution in [2.24, 2.45) is 11.8 Å². The predicted octanol–water partition coefficient (Wildman–Crippen LogP) is 5.20. The Morgan fingerprint density at radius 2 is 1.74 bits per heavy atom. The summed E-state index contributed by atoms with van der Waals surface area (Å²) >= 11 is 0. The Bertz CT molecular complexity index is 988. The summed E-state index contributed by atoms with van der Waals surface area (Å²) in [5.74, 6) is 1.81. The number of likely N-dealkylation sites (tertiary alicyclic amines) is 1. The number of halogens is 3. The summed E-state index contributed by atoms with van der Waals surface area (Å²) < 4.78 is 44.0. The van der Waals surface area contributed by atoms with Crippen LogP contribution in [-0.4, -0.2) is 47.7 Å². The molecule has 1 amide bonds. The number of amides is 1. The fourth-order valence-electron chi connectivity index (χ4n) is 6.13. The molecule has 1 saturated heterocycles. The Morgan fingerprint density at radius 1 is 1.03 bits per heavy atom. The van der Waals surface area contributed by atoms with Gasteiger partial charge in [0.1, 0.15) is 0 Å². The molecule has 6 nitrogen and oxygen atoms in total. The molecule has 34 heavy (non-hydrogen) atoms. The second kappa shape index (κ2) is 9.76. The van der Waals surface area contributed by atoms with Crippen LogP contribution in [0.2, 0.25) is 0 Å². The van der Waals surface area contributed by atoms with Crippen molar-refractivity contribution in [1.29, 1.82) is 0 Å². The van der Waals surface area contributed by atoms with Gasteiger partial charge in [0.15, 0.2) is 11.4 Å². The lowest BCUT2D eigenvalue weighted by atomic mass is 9.72. The van der Waals surface area contributed by atoms with Gasteiger partial charge < -0.3 is 15.2 Å². The molecule has 9 heteroatoms. The monoisotopic (exact) mass is 478 g/mol. The van der Waals surface area contributed by atoms with Crippen molar-refractivity contribution in [3.63, 3.8) is 0 Å². The van der Waals surface area contributed by atoms with Gasteiger partial charge in [0.2, 0.25) is 5.91 Å². The third-order valence-corrected chi connectivity index (χ3v) is 8.06. The summed E-state index contributed by atoms with van der Waals surface area (Å²) in [6, 6.07) is 3.93. The molecule has 1 aliphatic heterocycles. The van der Waals surface area contributed by atoms with E-state index in [-0.39, 0.29) is 35.3 Å². The zero-order chi connectivity index (χ0) is 23.7. The van der Waals surface area contributed by atoms with Crippen molar-refractivity contribution in [1.82, 2.24) is 15.4 Å². The first kappa shape index (κ1) is 23.5. The smallest absolute Gasteiger partial charge is 0.358 e. The SMILES string of the molecule is O=C(CNc1noc2ccc(C(F)(F)F)cc12)NC1CN(C2CCC(C3CCCCC3)CC2)C1. The zero-order valence-corrected chi connectivity index (χ0v) is 19.4. The van der Waals surface area contributed by atoms with E-state index in [2.05, 4.69) is 20.7 Å². The maximum absolute atomic E-state index is 13.0. The van der Waals surface area contributed by atoms with E-state index in [0.29, 0.717) is 6.04 Å². The van der Waals surface area contributed by atoms with Crippen LogP contribution in [0.4, 0.5) is 19.0 Å². The number of hydrogen-bond donors (Lipinski definition) is 2. The second-order valence-corrected chi connectivity index (χ2v) is 10.3. The maximum Gasteiger partial charge on any atom is 0.416 e. The number of carbonyl (C=O) groups excluding carboxylic acids is 1. The van der Waals surface area contributed by atoms with Crippen molar-refractivity contribution in [3.05, 3.63) is 23.8 Å². The van der Waals surface area contributed by atoms with Crippen LogP contribution in [0.3, 0.4) is 0 Å². The minimum atomic E-state index is -4.45.